The van der Waals surface area contributed by atoms with Crippen LogP contribution in [0.5, 0.6) is 0 Å². The molecule has 0 saturated heterocycles. The maximum Gasteiger partial charge on any atom is 0.128 e. The van der Waals surface area contributed by atoms with E-state index in [1.807, 2.05) is 0 Å². The van der Waals surface area contributed by atoms with Crippen LogP contribution in [0.15, 0.2) is 24.4 Å². The van der Waals surface area contributed by atoms with E-state index in [1.165, 1.54) is 29.7 Å². The number of rotatable bonds is 3. The van der Waals surface area contributed by atoms with E-state index in [-0.39, 0.29) is 0 Å². The van der Waals surface area contributed by atoms with Gasteiger partial charge in [0.2, 0.25) is 0 Å². The molecule has 1 aromatic heterocycles. The van der Waals surface area contributed by atoms with E-state index in [2.05, 4.69) is 10.3 Å². The summed E-state index contributed by atoms with van der Waals surface area (Å²) in [5, 5.41) is 3.62. The lowest BCUT2D eigenvalue weighted by Gasteiger charge is -2.04. The van der Waals surface area contributed by atoms with E-state index in [0.29, 0.717) is 16.6 Å². The fourth-order valence-electron chi connectivity index (χ4n) is 1.20. The van der Waals surface area contributed by atoms with Crippen LogP contribution >= 0.6 is 22.9 Å². The van der Waals surface area contributed by atoms with Gasteiger partial charge in [-0.15, -0.1) is 11.3 Å². The van der Waals surface area contributed by atoms with Crippen LogP contribution in [0.2, 0.25) is 4.34 Å². The van der Waals surface area contributed by atoms with Gasteiger partial charge in [0, 0.05) is 11.8 Å². The number of aromatic nitrogens is 1. The second kappa shape index (κ2) is 4.76. The molecule has 0 spiro atoms. The van der Waals surface area contributed by atoms with Crippen molar-refractivity contribution in [3.8, 4) is 0 Å². The lowest BCUT2D eigenvalue weighted by Crippen LogP contribution is -1.99. The van der Waals surface area contributed by atoms with Crippen molar-refractivity contribution in [2.45, 2.75) is 6.54 Å². The van der Waals surface area contributed by atoms with E-state index in [9.17, 15) is 8.78 Å². The minimum atomic E-state index is -0.611. The zero-order chi connectivity index (χ0) is 11.5. The highest BCUT2D eigenvalue weighted by atomic mass is 35.5. The van der Waals surface area contributed by atoms with Gasteiger partial charge >= 0.3 is 0 Å². The third-order valence-electron chi connectivity index (χ3n) is 1.83. The van der Waals surface area contributed by atoms with Crippen molar-refractivity contribution in [1.82, 2.24) is 4.98 Å². The zero-order valence-electron chi connectivity index (χ0n) is 8.01. The Morgan fingerprint density at radius 1 is 1.25 bits per heavy atom. The number of nitrogens with zero attached hydrogens (tertiary/aromatic N) is 1. The number of hydrogen-bond donors (Lipinski definition) is 1. The van der Waals surface area contributed by atoms with Gasteiger partial charge in [-0.25, -0.2) is 13.8 Å². The zero-order valence-corrected chi connectivity index (χ0v) is 9.58. The Hall–Kier alpha value is -1.20. The van der Waals surface area contributed by atoms with Gasteiger partial charge in [-0.1, -0.05) is 11.6 Å². The Bertz CT molecular complexity index is 481. The normalized spacial score (nSPS) is 10.4. The molecule has 2 aromatic rings. The summed E-state index contributed by atoms with van der Waals surface area (Å²) < 4.78 is 26.3. The first-order chi connectivity index (χ1) is 7.63. The highest BCUT2D eigenvalue weighted by molar-refractivity contribution is 7.15. The first kappa shape index (κ1) is 11.3. The van der Waals surface area contributed by atoms with Crippen LogP contribution in [0.1, 0.15) is 5.01 Å². The molecule has 0 atom stereocenters. The highest BCUT2D eigenvalue weighted by Gasteiger charge is 2.02. The first-order valence-electron chi connectivity index (χ1n) is 4.43. The van der Waals surface area contributed by atoms with E-state index >= 15 is 0 Å². The Morgan fingerprint density at radius 2 is 1.94 bits per heavy atom. The summed E-state index contributed by atoms with van der Waals surface area (Å²) in [6.45, 7) is 0.389. The molecule has 1 aromatic carbocycles. The predicted molar refractivity (Wildman–Crippen MR) is 60.8 cm³/mol. The molecule has 0 radical (unpaired) electrons. The van der Waals surface area contributed by atoms with E-state index in [0.717, 1.165) is 11.1 Å². The summed E-state index contributed by atoms with van der Waals surface area (Å²) in [5.41, 5.74) is 0.379. The maximum absolute atomic E-state index is 12.8. The number of anilines is 1. The fourth-order valence-corrected chi connectivity index (χ4v) is 2.10. The largest absolute Gasteiger partial charge is 0.378 e. The molecule has 1 N–H and O–H groups in total. The van der Waals surface area contributed by atoms with Crippen LogP contribution in [-0.2, 0) is 6.54 Å². The van der Waals surface area contributed by atoms with Crippen LogP contribution < -0.4 is 5.32 Å². The predicted octanol–water partition coefficient (Wildman–Crippen LogP) is 3.69. The van der Waals surface area contributed by atoms with Crippen LogP contribution in [0.25, 0.3) is 0 Å². The van der Waals surface area contributed by atoms with Gasteiger partial charge in [0.1, 0.15) is 21.0 Å². The molecule has 6 heteroatoms. The molecule has 2 rings (SSSR count). The van der Waals surface area contributed by atoms with Crippen molar-refractivity contribution in [3.63, 3.8) is 0 Å². The molecule has 0 aliphatic rings. The number of benzene rings is 1. The van der Waals surface area contributed by atoms with Crippen molar-refractivity contribution in [2.24, 2.45) is 0 Å². The molecule has 0 saturated carbocycles. The third-order valence-corrected chi connectivity index (χ3v) is 2.95. The smallest absolute Gasteiger partial charge is 0.128 e. The quantitative estimate of drug-likeness (QED) is 0.910. The van der Waals surface area contributed by atoms with Gasteiger partial charge in [-0.3, -0.25) is 0 Å². The molecular weight excluding hydrogens is 254 g/mol. The van der Waals surface area contributed by atoms with Crippen molar-refractivity contribution in [1.29, 1.82) is 0 Å². The molecule has 84 valence electrons. The highest BCUT2D eigenvalue weighted by Crippen LogP contribution is 2.20. The summed E-state index contributed by atoms with van der Waals surface area (Å²) in [6, 6.07) is 3.27. The Balaban J connectivity index is 2.04. The first-order valence-corrected chi connectivity index (χ1v) is 5.63. The van der Waals surface area contributed by atoms with Crippen molar-refractivity contribution >= 4 is 28.6 Å². The Labute approximate surface area is 99.9 Å². The summed E-state index contributed by atoms with van der Waals surface area (Å²) in [4.78, 5) is 4.01. The molecule has 0 bridgehead atoms. The summed E-state index contributed by atoms with van der Waals surface area (Å²) in [6.07, 6.45) is 1.54. The number of nitrogens with one attached hydrogen (secondary N) is 1. The van der Waals surface area contributed by atoms with Gasteiger partial charge in [0.05, 0.1) is 12.7 Å². The minimum absolute atomic E-state index is 0.379. The number of hydrogen-bond acceptors (Lipinski definition) is 3. The summed E-state index contributed by atoms with van der Waals surface area (Å²) in [7, 11) is 0. The Kier molecular flexibility index (Phi) is 3.36. The molecule has 0 fully saturated rings. The second-order valence-corrected chi connectivity index (χ2v) is 4.82. The average molecular weight is 261 g/mol. The minimum Gasteiger partial charge on any atom is -0.378 e. The molecular formula is C10H7ClF2N2S. The monoisotopic (exact) mass is 260 g/mol. The standard InChI is InChI=1S/C10H7ClF2N2S/c11-9-4-15-10(16-9)5-14-8-2-6(12)1-7(13)3-8/h1-4,14H,5H2. The molecule has 1 heterocycles. The van der Waals surface area contributed by atoms with Crippen LogP contribution in [0.4, 0.5) is 14.5 Å². The van der Waals surface area contributed by atoms with Crippen molar-refractivity contribution < 1.29 is 8.78 Å². The summed E-state index contributed by atoms with van der Waals surface area (Å²) in [5.74, 6) is -1.22. The second-order valence-electron chi connectivity index (χ2n) is 3.07. The summed E-state index contributed by atoms with van der Waals surface area (Å²) >= 11 is 7.02. The lowest BCUT2D eigenvalue weighted by atomic mass is 10.3. The van der Waals surface area contributed by atoms with Crippen LogP contribution in [0, 0.1) is 11.6 Å². The molecule has 0 aliphatic heterocycles. The van der Waals surface area contributed by atoms with E-state index in [4.69, 9.17) is 11.6 Å². The average Bonchev–Trinajstić information content (AvgIpc) is 2.60. The van der Waals surface area contributed by atoms with Crippen LogP contribution in [-0.4, -0.2) is 4.98 Å². The van der Waals surface area contributed by atoms with Gasteiger partial charge < -0.3 is 5.32 Å². The molecule has 0 unspecified atom stereocenters. The van der Waals surface area contributed by atoms with Gasteiger partial charge in [0.15, 0.2) is 0 Å². The van der Waals surface area contributed by atoms with Gasteiger partial charge in [-0.05, 0) is 12.1 Å². The fraction of sp³-hybridized carbons (Fsp3) is 0.100. The number of thiazole rings is 1. The molecule has 2 nitrogen and oxygen atoms in total. The lowest BCUT2D eigenvalue weighted by molar-refractivity contribution is 0.584. The van der Waals surface area contributed by atoms with Crippen molar-refractivity contribution in [2.75, 3.05) is 5.32 Å². The van der Waals surface area contributed by atoms with E-state index < -0.39 is 11.6 Å². The molecule has 16 heavy (non-hydrogen) atoms. The number of halogens is 3. The molecule has 0 aliphatic carbocycles. The van der Waals surface area contributed by atoms with Gasteiger partial charge in [-0.2, -0.15) is 0 Å². The van der Waals surface area contributed by atoms with Gasteiger partial charge in [0.25, 0.3) is 0 Å². The topological polar surface area (TPSA) is 24.9 Å². The third kappa shape index (κ3) is 2.90. The SMILES string of the molecule is Fc1cc(F)cc(NCc2ncc(Cl)s2)c1. The molecule has 0 amide bonds. The van der Waals surface area contributed by atoms with Crippen molar-refractivity contribution in [3.05, 3.63) is 45.4 Å². The van der Waals surface area contributed by atoms with Crippen LogP contribution in [0.3, 0.4) is 0 Å². The van der Waals surface area contributed by atoms with E-state index in [1.54, 1.807) is 0 Å². The maximum atomic E-state index is 12.8. The Morgan fingerprint density at radius 3 is 2.50 bits per heavy atom.